The predicted molar refractivity (Wildman–Crippen MR) is 63.7 cm³/mol. The van der Waals surface area contributed by atoms with E-state index in [1.807, 2.05) is 0 Å². The van der Waals surface area contributed by atoms with Crippen LogP contribution in [0, 0.1) is 5.92 Å². The molecular weight excluding hydrogens is 226 g/mol. The van der Waals surface area contributed by atoms with Gasteiger partial charge in [0.1, 0.15) is 6.61 Å². The number of ether oxygens (including phenoxy) is 1. The normalized spacial score (nSPS) is 20.5. The van der Waals surface area contributed by atoms with Crippen LogP contribution >= 0.6 is 0 Å². The minimum atomic E-state index is -2.38. The summed E-state index contributed by atoms with van der Waals surface area (Å²) in [7, 11) is 0. The summed E-state index contributed by atoms with van der Waals surface area (Å²) in [6.07, 6.45) is 5.81. The van der Waals surface area contributed by atoms with Gasteiger partial charge in [0.25, 0.3) is 6.43 Å². The van der Waals surface area contributed by atoms with Gasteiger partial charge in [-0.25, -0.2) is 8.78 Å². The van der Waals surface area contributed by atoms with Crippen molar-refractivity contribution in [1.29, 1.82) is 0 Å². The average Bonchev–Trinajstić information content (AvgIpc) is 2.57. The van der Waals surface area contributed by atoms with Crippen molar-refractivity contribution in [3.05, 3.63) is 0 Å². The Morgan fingerprint density at radius 3 is 2.35 bits per heavy atom. The van der Waals surface area contributed by atoms with E-state index in [2.05, 4.69) is 5.43 Å². The largest absolute Gasteiger partial charge is 0.375 e. The Hall–Kier alpha value is -0.260. The molecule has 102 valence electrons. The van der Waals surface area contributed by atoms with Crippen LogP contribution in [0.1, 0.15) is 44.9 Å². The van der Waals surface area contributed by atoms with Gasteiger partial charge in [0.2, 0.25) is 0 Å². The molecule has 0 heterocycles. The van der Waals surface area contributed by atoms with Gasteiger partial charge in [-0.3, -0.25) is 11.3 Å². The van der Waals surface area contributed by atoms with Gasteiger partial charge in [0, 0.05) is 12.6 Å². The minimum absolute atomic E-state index is 0.200. The van der Waals surface area contributed by atoms with Crippen molar-refractivity contribution in [2.24, 2.45) is 11.8 Å². The maximum absolute atomic E-state index is 11.9. The second kappa shape index (κ2) is 8.78. The van der Waals surface area contributed by atoms with E-state index in [0.717, 1.165) is 0 Å². The zero-order chi connectivity index (χ0) is 12.5. The van der Waals surface area contributed by atoms with Gasteiger partial charge in [-0.1, -0.05) is 25.7 Å². The monoisotopic (exact) mass is 250 g/mol. The lowest BCUT2D eigenvalue weighted by Gasteiger charge is -2.25. The van der Waals surface area contributed by atoms with Crippen molar-refractivity contribution >= 4 is 0 Å². The highest BCUT2D eigenvalue weighted by molar-refractivity contribution is 4.76. The van der Waals surface area contributed by atoms with E-state index in [4.69, 9.17) is 10.6 Å². The van der Waals surface area contributed by atoms with Crippen LogP contribution in [0.4, 0.5) is 8.78 Å². The summed E-state index contributed by atoms with van der Waals surface area (Å²) < 4.78 is 28.7. The smallest absolute Gasteiger partial charge is 0.261 e. The Balaban J connectivity index is 2.21. The fourth-order valence-electron chi connectivity index (χ4n) is 2.55. The second-order valence-corrected chi connectivity index (χ2v) is 4.78. The molecule has 1 rings (SSSR count). The van der Waals surface area contributed by atoms with Gasteiger partial charge < -0.3 is 4.74 Å². The number of nitrogens with one attached hydrogen (secondary N) is 1. The molecule has 0 amide bonds. The molecule has 0 aromatic heterocycles. The highest BCUT2D eigenvalue weighted by Gasteiger charge is 2.21. The van der Waals surface area contributed by atoms with Crippen molar-refractivity contribution in [3.8, 4) is 0 Å². The summed E-state index contributed by atoms with van der Waals surface area (Å²) in [6, 6.07) is 0.200. The van der Waals surface area contributed by atoms with Gasteiger partial charge in [-0.15, -0.1) is 0 Å². The summed E-state index contributed by atoms with van der Waals surface area (Å²) in [5.74, 6) is 6.11. The Morgan fingerprint density at radius 2 is 1.82 bits per heavy atom. The average molecular weight is 250 g/mol. The first-order valence-electron chi connectivity index (χ1n) is 6.56. The lowest BCUT2D eigenvalue weighted by atomic mass is 9.90. The summed E-state index contributed by atoms with van der Waals surface area (Å²) >= 11 is 0. The van der Waals surface area contributed by atoms with Gasteiger partial charge in [-0.05, 0) is 25.2 Å². The van der Waals surface area contributed by atoms with E-state index >= 15 is 0 Å². The molecule has 1 unspecified atom stereocenters. The van der Waals surface area contributed by atoms with Gasteiger partial charge in [-0.2, -0.15) is 0 Å². The molecule has 0 aromatic carbocycles. The van der Waals surface area contributed by atoms with Crippen molar-refractivity contribution in [3.63, 3.8) is 0 Å². The molecule has 1 saturated carbocycles. The molecule has 1 aliphatic carbocycles. The molecule has 1 aliphatic rings. The van der Waals surface area contributed by atoms with Gasteiger partial charge in [0.15, 0.2) is 0 Å². The van der Waals surface area contributed by atoms with Crippen LogP contribution in [-0.2, 0) is 4.74 Å². The van der Waals surface area contributed by atoms with Crippen LogP contribution in [0.3, 0.4) is 0 Å². The molecule has 1 fully saturated rings. The van der Waals surface area contributed by atoms with Crippen LogP contribution in [0.2, 0.25) is 0 Å². The summed E-state index contributed by atoms with van der Waals surface area (Å²) in [5, 5.41) is 0. The summed E-state index contributed by atoms with van der Waals surface area (Å²) in [5.41, 5.74) is 2.82. The standard InChI is InChI=1S/C12H24F2N2O/c13-12(14)9-17-8-7-11(16-15)10-5-3-1-2-4-6-10/h10-12,16H,1-9,15H2. The fraction of sp³-hybridized carbons (Fsp3) is 1.00. The predicted octanol–water partition coefficient (Wildman–Crippen LogP) is 2.46. The van der Waals surface area contributed by atoms with E-state index < -0.39 is 13.0 Å². The number of hydrogen-bond acceptors (Lipinski definition) is 3. The van der Waals surface area contributed by atoms with Gasteiger partial charge >= 0.3 is 0 Å². The number of halogens is 2. The van der Waals surface area contributed by atoms with E-state index in [9.17, 15) is 8.78 Å². The Labute approximate surface area is 102 Å². The number of hydrogen-bond donors (Lipinski definition) is 2. The first-order valence-corrected chi connectivity index (χ1v) is 6.56. The number of nitrogens with two attached hydrogens (primary N) is 1. The molecule has 3 nitrogen and oxygen atoms in total. The van der Waals surface area contributed by atoms with E-state index in [0.29, 0.717) is 18.9 Å². The van der Waals surface area contributed by atoms with Crippen molar-refractivity contribution < 1.29 is 13.5 Å². The molecule has 1 atom stereocenters. The third kappa shape index (κ3) is 6.29. The van der Waals surface area contributed by atoms with Crippen LogP contribution < -0.4 is 11.3 Å². The van der Waals surface area contributed by atoms with Crippen LogP contribution in [0.25, 0.3) is 0 Å². The summed E-state index contributed by atoms with van der Waals surface area (Å²) in [4.78, 5) is 0. The number of alkyl halides is 2. The third-order valence-corrected chi connectivity index (χ3v) is 3.50. The quantitative estimate of drug-likeness (QED) is 0.316. The Kier molecular flexibility index (Phi) is 7.64. The molecule has 0 saturated heterocycles. The van der Waals surface area contributed by atoms with Crippen molar-refractivity contribution in [2.75, 3.05) is 13.2 Å². The zero-order valence-corrected chi connectivity index (χ0v) is 10.3. The molecule has 0 aliphatic heterocycles. The molecule has 0 aromatic rings. The molecule has 17 heavy (non-hydrogen) atoms. The second-order valence-electron chi connectivity index (χ2n) is 4.78. The zero-order valence-electron chi connectivity index (χ0n) is 10.3. The number of hydrazine groups is 1. The molecule has 5 heteroatoms. The van der Waals surface area contributed by atoms with Crippen LogP contribution in [0.5, 0.6) is 0 Å². The third-order valence-electron chi connectivity index (χ3n) is 3.50. The van der Waals surface area contributed by atoms with E-state index in [1.54, 1.807) is 0 Å². The van der Waals surface area contributed by atoms with Crippen LogP contribution in [-0.4, -0.2) is 25.7 Å². The highest BCUT2D eigenvalue weighted by atomic mass is 19.3. The van der Waals surface area contributed by atoms with E-state index in [1.165, 1.54) is 38.5 Å². The van der Waals surface area contributed by atoms with Crippen LogP contribution in [0.15, 0.2) is 0 Å². The lowest BCUT2D eigenvalue weighted by Crippen LogP contribution is -2.41. The molecule has 0 bridgehead atoms. The molecule has 0 spiro atoms. The number of rotatable bonds is 7. The molecule has 0 radical (unpaired) electrons. The topological polar surface area (TPSA) is 47.3 Å². The Bertz CT molecular complexity index is 185. The first-order chi connectivity index (χ1) is 8.24. The van der Waals surface area contributed by atoms with Crippen molar-refractivity contribution in [1.82, 2.24) is 5.43 Å². The minimum Gasteiger partial charge on any atom is -0.375 e. The van der Waals surface area contributed by atoms with Crippen molar-refractivity contribution in [2.45, 2.75) is 57.4 Å². The lowest BCUT2D eigenvalue weighted by molar-refractivity contribution is 0.0125. The fourth-order valence-corrected chi connectivity index (χ4v) is 2.55. The highest BCUT2D eigenvalue weighted by Crippen LogP contribution is 2.26. The molecule has 3 N–H and O–H groups in total. The maximum atomic E-state index is 11.9. The SMILES string of the molecule is NNC(CCOCC(F)F)C1CCCCCC1. The first kappa shape index (κ1) is 14.8. The van der Waals surface area contributed by atoms with Gasteiger partial charge in [0.05, 0.1) is 0 Å². The van der Waals surface area contributed by atoms with E-state index in [-0.39, 0.29) is 6.04 Å². The molecular formula is C12H24F2N2O. The maximum Gasteiger partial charge on any atom is 0.261 e. The summed E-state index contributed by atoms with van der Waals surface area (Å²) in [6.45, 7) is -0.113. The Morgan fingerprint density at radius 1 is 1.18 bits per heavy atom.